The highest BCUT2D eigenvalue weighted by Gasteiger charge is 2.19. The zero-order valence-corrected chi connectivity index (χ0v) is 13.9. The Morgan fingerprint density at radius 2 is 1.62 bits per heavy atom. The Bertz CT molecular complexity index is 579. The molecule has 0 spiro atoms. The van der Waals surface area contributed by atoms with Gasteiger partial charge in [0.25, 0.3) is 0 Å². The molecule has 0 aliphatic rings. The van der Waals surface area contributed by atoms with Gasteiger partial charge in [0.1, 0.15) is 0 Å². The van der Waals surface area contributed by atoms with Gasteiger partial charge >= 0.3 is 0 Å². The molecule has 0 radical (unpaired) electrons. The van der Waals surface area contributed by atoms with E-state index in [-0.39, 0.29) is 5.54 Å². The van der Waals surface area contributed by atoms with E-state index in [1.54, 1.807) is 0 Å². The summed E-state index contributed by atoms with van der Waals surface area (Å²) in [5.74, 6) is 0.394. The van der Waals surface area contributed by atoms with Crippen molar-refractivity contribution in [3.63, 3.8) is 0 Å². The summed E-state index contributed by atoms with van der Waals surface area (Å²) in [4.78, 5) is 0. The molecule has 0 fully saturated rings. The molecule has 0 bridgehead atoms. The maximum absolute atomic E-state index is 3.66. The van der Waals surface area contributed by atoms with E-state index in [0.29, 0.717) is 5.92 Å². The van der Waals surface area contributed by atoms with Crippen LogP contribution in [0.4, 0.5) is 0 Å². The van der Waals surface area contributed by atoms with Crippen LogP contribution in [-0.4, -0.2) is 12.1 Å². The average molecular weight is 281 g/mol. The minimum atomic E-state index is 0.131. The normalized spacial score (nSPS) is 13.2. The summed E-state index contributed by atoms with van der Waals surface area (Å²) in [5, 5.41) is 3.66. The molecular formula is C20H27N. The summed E-state index contributed by atoms with van der Waals surface area (Å²) < 4.78 is 0. The minimum Gasteiger partial charge on any atom is -0.311 e. The third kappa shape index (κ3) is 4.44. The number of benzene rings is 2. The van der Waals surface area contributed by atoms with Crippen LogP contribution in [0, 0.1) is 13.8 Å². The Balaban J connectivity index is 2.36. The molecule has 2 rings (SSSR count). The predicted octanol–water partition coefficient (Wildman–Crippen LogP) is 4.82. The SMILES string of the molecule is Cc1ccc(C(CNC(C)(C)C)c2ccccc2)c(C)c1. The monoisotopic (exact) mass is 281 g/mol. The van der Waals surface area contributed by atoms with Crippen molar-refractivity contribution in [1.29, 1.82) is 0 Å². The lowest BCUT2D eigenvalue weighted by Crippen LogP contribution is -2.38. The van der Waals surface area contributed by atoms with Crippen molar-refractivity contribution in [2.45, 2.75) is 46.1 Å². The van der Waals surface area contributed by atoms with Gasteiger partial charge in [-0.1, -0.05) is 54.1 Å². The molecule has 0 aliphatic carbocycles. The Hall–Kier alpha value is -1.60. The molecule has 1 nitrogen and oxygen atoms in total. The maximum atomic E-state index is 3.66. The van der Waals surface area contributed by atoms with Crippen LogP contribution < -0.4 is 5.32 Å². The van der Waals surface area contributed by atoms with Gasteiger partial charge in [0, 0.05) is 18.0 Å². The van der Waals surface area contributed by atoms with Crippen LogP contribution >= 0.6 is 0 Å². The van der Waals surface area contributed by atoms with E-state index in [1.807, 2.05) is 0 Å². The van der Waals surface area contributed by atoms with Crippen LogP contribution in [0.3, 0.4) is 0 Å². The summed E-state index contributed by atoms with van der Waals surface area (Å²) in [6.45, 7) is 12.0. The van der Waals surface area contributed by atoms with E-state index < -0.39 is 0 Å². The highest BCUT2D eigenvalue weighted by molar-refractivity contribution is 5.39. The molecule has 2 aromatic rings. The molecule has 1 heteroatoms. The fraction of sp³-hybridized carbons (Fsp3) is 0.400. The second-order valence-corrected chi connectivity index (χ2v) is 6.95. The third-order valence-corrected chi connectivity index (χ3v) is 3.84. The lowest BCUT2D eigenvalue weighted by Gasteiger charge is -2.27. The van der Waals surface area contributed by atoms with E-state index in [9.17, 15) is 0 Å². The lowest BCUT2D eigenvalue weighted by atomic mass is 9.87. The summed E-state index contributed by atoms with van der Waals surface area (Å²) in [5.41, 5.74) is 5.63. The molecule has 0 aliphatic heterocycles. The molecule has 0 saturated heterocycles. The zero-order valence-electron chi connectivity index (χ0n) is 13.9. The molecule has 0 heterocycles. The fourth-order valence-electron chi connectivity index (χ4n) is 2.72. The summed E-state index contributed by atoms with van der Waals surface area (Å²) in [6, 6.07) is 17.6. The maximum Gasteiger partial charge on any atom is 0.0217 e. The first-order valence-corrected chi connectivity index (χ1v) is 7.74. The topological polar surface area (TPSA) is 12.0 Å². The van der Waals surface area contributed by atoms with Crippen LogP contribution in [0.25, 0.3) is 0 Å². The first-order valence-electron chi connectivity index (χ1n) is 7.74. The van der Waals surface area contributed by atoms with Gasteiger partial charge in [-0.2, -0.15) is 0 Å². The third-order valence-electron chi connectivity index (χ3n) is 3.84. The smallest absolute Gasteiger partial charge is 0.0217 e. The molecule has 1 N–H and O–H groups in total. The highest BCUT2D eigenvalue weighted by atomic mass is 14.9. The van der Waals surface area contributed by atoms with E-state index in [4.69, 9.17) is 0 Å². The van der Waals surface area contributed by atoms with Crippen molar-refractivity contribution in [2.24, 2.45) is 0 Å². The molecule has 1 atom stereocenters. The van der Waals surface area contributed by atoms with E-state index >= 15 is 0 Å². The summed E-state index contributed by atoms with van der Waals surface area (Å²) >= 11 is 0. The number of rotatable bonds is 4. The van der Waals surface area contributed by atoms with Gasteiger partial charge in [0.15, 0.2) is 0 Å². The number of hydrogen-bond donors (Lipinski definition) is 1. The molecular weight excluding hydrogens is 254 g/mol. The van der Waals surface area contributed by atoms with Gasteiger partial charge < -0.3 is 5.32 Å². The highest BCUT2D eigenvalue weighted by Crippen LogP contribution is 2.27. The Morgan fingerprint density at radius 3 is 2.19 bits per heavy atom. The molecule has 2 aromatic carbocycles. The Morgan fingerprint density at radius 1 is 0.952 bits per heavy atom. The van der Waals surface area contributed by atoms with Gasteiger partial charge in [-0.15, -0.1) is 0 Å². The molecule has 21 heavy (non-hydrogen) atoms. The lowest BCUT2D eigenvalue weighted by molar-refractivity contribution is 0.417. The number of aryl methyl sites for hydroxylation is 2. The van der Waals surface area contributed by atoms with Crippen molar-refractivity contribution in [3.8, 4) is 0 Å². The first kappa shape index (κ1) is 15.8. The standard InChI is InChI=1S/C20H27N/c1-15-11-12-18(16(2)13-15)19(14-21-20(3,4)5)17-9-7-6-8-10-17/h6-13,19,21H,14H2,1-5H3. The van der Waals surface area contributed by atoms with Gasteiger partial charge in [-0.05, 0) is 51.3 Å². The summed E-state index contributed by atoms with van der Waals surface area (Å²) in [7, 11) is 0. The zero-order chi connectivity index (χ0) is 15.5. The van der Waals surface area contributed by atoms with Crippen molar-refractivity contribution in [2.75, 3.05) is 6.54 Å². The second-order valence-electron chi connectivity index (χ2n) is 6.95. The number of hydrogen-bond acceptors (Lipinski definition) is 1. The van der Waals surface area contributed by atoms with Crippen molar-refractivity contribution in [1.82, 2.24) is 5.32 Å². The quantitative estimate of drug-likeness (QED) is 0.847. The molecule has 0 saturated carbocycles. The van der Waals surface area contributed by atoms with Gasteiger partial charge in [0.2, 0.25) is 0 Å². The van der Waals surface area contributed by atoms with Crippen LogP contribution in [0.1, 0.15) is 48.9 Å². The van der Waals surface area contributed by atoms with Crippen LogP contribution in [-0.2, 0) is 0 Å². The second kappa shape index (κ2) is 6.44. The molecule has 112 valence electrons. The minimum absolute atomic E-state index is 0.131. The Labute approximate surface area is 129 Å². The van der Waals surface area contributed by atoms with E-state index in [2.05, 4.69) is 88.5 Å². The molecule has 0 amide bonds. The van der Waals surface area contributed by atoms with E-state index in [0.717, 1.165) is 6.54 Å². The van der Waals surface area contributed by atoms with E-state index in [1.165, 1.54) is 22.3 Å². The molecule has 1 unspecified atom stereocenters. The van der Waals surface area contributed by atoms with Crippen LogP contribution in [0.15, 0.2) is 48.5 Å². The summed E-state index contributed by atoms with van der Waals surface area (Å²) in [6.07, 6.45) is 0. The van der Waals surface area contributed by atoms with Crippen molar-refractivity contribution >= 4 is 0 Å². The Kier molecular flexibility index (Phi) is 4.84. The van der Waals surface area contributed by atoms with Crippen molar-refractivity contribution in [3.05, 3.63) is 70.8 Å². The van der Waals surface area contributed by atoms with Crippen LogP contribution in [0.2, 0.25) is 0 Å². The van der Waals surface area contributed by atoms with Crippen molar-refractivity contribution < 1.29 is 0 Å². The van der Waals surface area contributed by atoms with Crippen LogP contribution in [0.5, 0.6) is 0 Å². The largest absolute Gasteiger partial charge is 0.311 e. The molecule has 0 aromatic heterocycles. The van der Waals surface area contributed by atoms with Gasteiger partial charge in [-0.25, -0.2) is 0 Å². The fourth-order valence-corrected chi connectivity index (χ4v) is 2.72. The number of nitrogens with one attached hydrogen (secondary N) is 1. The van der Waals surface area contributed by atoms with Gasteiger partial charge in [-0.3, -0.25) is 0 Å². The van der Waals surface area contributed by atoms with Gasteiger partial charge in [0.05, 0.1) is 0 Å². The first-order chi connectivity index (χ1) is 9.87. The predicted molar refractivity (Wildman–Crippen MR) is 92.0 cm³/mol. The average Bonchev–Trinajstić information content (AvgIpc) is 2.41.